The minimum atomic E-state index is -0.0112. The monoisotopic (exact) mass is 302 g/mol. The van der Waals surface area contributed by atoms with Gasteiger partial charge in [-0.3, -0.25) is 9.59 Å². The van der Waals surface area contributed by atoms with Gasteiger partial charge in [-0.1, -0.05) is 0 Å². The Morgan fingerprint density at radius 3 is 2.77 bits per heavy atom. The van der Waals surface area contributed by atoms with Crippen molar-refractivity contribution in [2.75, 3.05) is 25.0 Å². The van der Waals surface area contributed by atoms with Crippen molar-refractivity contribution >= 4 is 17.5 Å². The van der Waals surface area contributed by atoms with Gasteiger partial charge in [0.2, 0.25) is 11.8 Å². The molecule has 2 heterocycles. The molecular weight excluding hydrogens is 280 g/mol. The summed E-state index contributed by atoms with van der Waals surface area (Å²) in [5.74, 6) is 1.07. The van der Waals surface area contributed by atoms with Gasteiger partial charge in [0.1, 0.15) is 5.75 Å². The molecule has 0 spiro atoms. The lowest BCUT2D eigenvalue weighted by Gasteiger charge is -2.30. The number of benzene rings is 1. The Morgan fingerprint density at radius 2 is 2.05 bits per heavy atom. The number of rotatable bonds is 2. The lowest BCUT2D eigenvalue weighted by Crippen LogP contribution is -2.40. The smallest absolute Gasteiger partial charge is 0.227 e. The Hall–Kier alpha value is -2.04. The summed E-state index contributed by atoms with van der Waals surface area (Å²) in [6, 6.07) is 5.84. The first-order valence-corrected chi connectivity index (χ1v) is 7.95. The molecule has 1 aromatic carbocycles. The maximum Gasteiger partial charge on any atom is 0.227 e. The lowest BCUT2D eigenvalue weighted by molar-refractivity contribution is -0.132. The van der Waals surface area contributed by atoms with E-state index in [-0.39, 0.29) is 17.7 Å². The Labute approximate surface area is 130 Å². The van der Waals surface area contributed by atoms with Crippen molar-refractivity contribution in [3.05, 3.63) is 23.8 Å². The van der Waals surface area contributed by atoms with Gasteiger partial charge < -0.3 is 15.0 Å². The van der Waals surface area contributed by atoms with Crippen LogP contribution in [0.15, 0.2) is 18.2 Å². The van der Waals surface area contributed by atoms with E-state index in [1.807, 2.05) is 18.2 Å². The van der Waals surface area contributed by atoms with E-state index < -0.39 is 0 Å². The van der Waals surface area contributed by atoms with Crippen molar-refractivity contribution in [1.82, 2.24) is 4.90 Å². The number of ether oxygens (including phenoxy) is 1. The molecule has 1 saturated heterocycles. The Balaban J connectivity index is 1.59. The van der Waals surface area contributed by atoms with Crippen LogP contribution in [0.4, 0.5) is 5.69 Å². The second-order valence-corrected chi connectivity index (χ2v) is 6.04. The highest BCUT2D eigenvalue weighted by molar-refractivity contribution is 5.93. The largest absolute Gasteiger partial charge is 0.493 e. The van der Waals surface area contributed by atoms with Gasteiger partial charge in [-0.25, -0.2) is 0 Å². The molecule has 0 radical (unpaired) electrons. The van der Waals surface area contributed by atoms with E-state index in [4.69, 9.17) is 4.74 Å². The first kappa shape index (κ1) is 14.9. The van der Waals surface area contributed by atoms with Gasteiger partial charge >= 0.3 is 0 Å². The highest BCUT2D eigenvalue weighted by atomic mass is 16.5. The van der Waals surface area contributed by atoms with Gasteiger partial charge in [0.25, 0.3) is 0 Å². The molecule has 0 bridgehead atoms. The molecule has 2 aliphatic heterocycles. The van der Waals surface area contributed by atoms with Crippen molar-refractivity contribution in [3.8, 4) is 5.75 Å². The van der Waals surface area contributed by atoms with Gasteiger partial charge in [-0.15, -0.1) is 0 Å². The van der Waals surface area contributed by atoms with E-state index in [2.05, 4.69) is 5.32 Å². The molecule has 0 saturated carbocycles. The van der Waals surface area contributed by atoms with Crippen molar-refractivity contribution in [1.29, 1.82) is 0 Å². The Kier molecular flexibility index (Phi) is 4.32. The van der Waals surface area contributed by atoms with Crippen LogP contribution in [0.5, 0.6) is 5.75 Å². The average Bonchev–Trinajstić information content (AvgIpc) is 2.55. The average molecular weight is 302 g/mol. The number of carbonyl (C=O) groups excluding carboxylic acids is 2. The van der Waals surface area contributed by atoms with Crippen LogP contribution in [-0.2, 0) is 16.0 Å². The van der Waals surface area contributed by atoms with Gasteiger partial charge in [0, 0.05) is 31.6 Å². The van der Waals surface area contributed by atoms with E-state index in [1.54, 1.807) is 11.8 Å². The number of hydrogen-bond donors (Lipinski definition) is 1. The van der Waals surface area contributed by atoms with Crippen LogP contribution in [0, 0.1) is 5.92 Å². The summed E-state index contributed by atoms with van der Waals surface area (Å²) in [7, 11) is 0. The van der Waals surface area contributed by atoms with Crippen molar-refractivity contribution in [2.24, 2.45) is 5.92 Å². The molecule has 22 heavy (non-hydrogen) atoms. The maximum atomic E-state index is 12.4. The molecule has 2 amide bonds. The number of nitrogens with zero attached hydrogens (tertiary/aromatic N) is 1. The fourth-order valence-electron chi connectivity index (χ4n) is 3.14. The number of hydrogen-bond acceptors (Lipinski definition) is 3. The van der Waals surface area contributed by atoms with E-state index in [1.165, 1.54) is 0 Å². The van der Waals surface area contributed by atoms with Crippen LogP contribution >= 0.6 is 0 Å². The Morgan fingerprint density at radius 1 is 1.27 bits per heavy atom. The van der Waals surface area contributed by atoms with E-state index in [0.717, 1.165) is 49.3 Å². The summed E-state index contributed by atoms with van der Waals surface area (Å²) in [6.07, 6.45) is 3.49. The molecule has 0 atom stereocenters. The first-order valence-electron chi connectivity index (χ1n) is 7.95. The fourth-order valence-corrected chi connectivity index (χ4v) is 3.14. The summed E-state index contributed by atoms with van der Waals surface area (Å²) in [6.45, 7) is 3.69. The number of amides is 2. The topological polar surface area (TPSA) is 58.6 Å². The number of carbonyl (C=O) groups is 2. The first-order chi connectivity index (χ1) is 10.6. The summed E-state index contributed by atoms with van der Waals surface area (Å²) in [5.41, 5.74) is 2.00. The van der Waals surface area contributed by atoms with Gasteiger partial charge in [-0.05, 0) is 49.4 Å². The molecule has 0 aliphatic carbocycles. The molecule has 5 nitrogen and oxygen atoms in total. The number of anilines is 1. The van der Waals surface area contributed by atoms with Crippen LogP contribution in [0.1, 0.15) is 31.7 Å². The maximum absolute atomic E-state index is 12.4. The van der Waals surface area contributed by atoms with Crippen LogP contribution in [0.3, 0.4) is 0 Å². The van der Waals surface area contributed by atoms with Crippen molar-refractivity contribution in [3.63, 3.8) is 0 Å². The third kappa shape index (κ3) is 3.24. The predicted octanol–water partition coefficient (Wildman–Crippen LogP) is 2.21. The minimum Gasteiger partial charge on any atom is -0.493 e. The zero-order chi connectivity index (χ0) is 15.5. The number of aryl methyl sites for hydroxylation is 1. The zero-order valence-electron chi connectivity index (χ0n) is 12.9. The molecule has 0 unspecified atom stereocenters. The van der Waals surface area contributed by atoms with Gasteiger partial charge in [-0.2, -0.15) is 0 Å². The van der Waals surface area contributed by atoms with Crippen molar-refractivity contribution in [2.45, 2.75) is 32.6 Å². The lowest BCUT2D eigenvalue weighted by atomic mass is 9.95. The van der Waals surface area contributed by atoms with E-state index in [9.17, 15) is 9.59 Å². The van der Waals surface area contributed by atoms with Crippen molar-refractivity contribution < 1.29 is 14.3 Å². The molecule has 2 aliphatic rings. The highest BCUT2D eigenvalue weighted by Gasteiger charge is 2.26. The summed E-state index contributed by atoms with van der Waals surface area (Å²) in [4.78, 5) is 25.5. The number of likely N-dealkylation sites (tertiary alicyclic amines) is 1. The molecule has 118 valence electrons. The summed E-state index contributed by atoms with van der Waals surface area (Å²) < 4.78 is 5.58. The normalized spacial score (nSPS) is 18.3. The Bertz CT molecular complexity index is 577. The zero-order valence-corrected chi connectivity index (χ0v) is 12.9. The standard InChI is InChI=1S/C17H22N2O3/c1-12(20)19-8-6-13(7-9-19)17(21)18-15-4-5-16-14(11-15)3-2-10-22-16/h4-5,11,13H,2-3,6-10H2,1H3,(H,18,21). The van der Waals surface area contributed by atoms with Crippen LogP contribution in [0.25, 0.3) is 0 Å². The SMILES string of the molecule is CC(=O)N1CCC(C(=O)Nc2ccc3c(c2)CCCO3)CC1. The second kappa shape index (κ2) is 6.38. The van der Waals surface area contributed by atoms with E-state index >= 15 is 0 Å². The third-order valence-electron chi connectivity index (χ3n) is 4.49. The number of piperidine rings is 1. The summed E-state index contributed by atoms with van der Waals surface area (Å²) >= 11 is 0. The van der Waals surface area contributed by atoms with E-state index in [0.29, 0.717) is 13.1 Å². The minimum absolute atomic E-state index is 0.0112. The van der Waals surface area contributed by atoms with Crippen LogP contribution < -0.4 is 10.1 Å². The quantitative estimate of drug-likeness (QED) is 0.911. The molecular formula is C17H22N2O3. The molecule has 5 heteroatoms. The molecule has 1 N–H and O–H groups in total. The van der Waals surface area contributed by atoms with Gasteiger partial charge in [0.05, 0.1) is 6.61 Å². The highest BCUT2D eigenvalue weighted by Crippen LogP contribution is 2.28. The van der Waals surface area contributed by atoms with Crippen LogP contribution in [0.2, 0.25) is 0 Å². The predicted molar refractivity (Wildman–Crippen MR) is 83.9 cm³/mol. The summed E-state index contributed by atoms with van der Waals surface area (Å²) in [5, 5.41) is 3.01. The number of fused-ring (bicyclic) bond motifs is 1. The fraction of sp³-hybridized carbons (Fsp3) is 0.529. The molecule has 3 rings (SSSR count). The van der Waals surface area contributed by atoms with Crippen LogP contribution in [-0.4, -0.2) is 36.4 Å². The molecule has 1 aromatic rings. The number of nitrogens with one attached hydrogen (secondary N) is 1. The molecule has 1 fully saturated rings. The second-order valence-electron chi connectivity index (χ2n) is 6.04. The molecule has 0 aromatic heterocycles. The third-order valence-corrected chi connectivity index (χ3v) is 4.49. The van der Waals surface area contributed by atoms with Gasteiger partial charge in [0.15, 0.2) is 0 Å².